The second kappa shape index (κ2) is 13.6. The average molecular weight is 597 g/mol. The number of carbonyl (C=O) groups excluding carboxylic acids is 1. The predicted molar refractivity (Wildman–Crippen MR) is 163 cm³/mol. The lowest BCUT2D eigenvalue weighted by atomic mass is 10.0. The van der Waals surface area contributed by atoms with Gasteiger partial charge in [-0.1, -0.05) is 55.8 Å². The number of benzene rings is 3. The van der Waals surface area contributed by atoms with E-state index < -0.39 is 12.1 Å². The van der Waals surface area contributed by atoms with Crippen molar-refractivity contribution in [2.24, 2.45) is 5.92 Å². The normalized spacial score (nSPS) is 12.9. The van der Waals surface area contributed by atoms with E-state index in [0.29, 0.717) is 16.8 Å². The van der Waals surface area contributed by atoms with Crippen LogP contribution in [0.25, 0.3) is 0 Å². The first-order valence-corrected chi connectivity index (χ1v) is 13.9. The van der Waals surface area contributed by atoms with Crippen LogP contribution in [0.2, 0.25) is 5.02 Å². The number of aromatic nitrogens is 2. The molecule has 0 saturated carbocycles. The predicted octanol–water partition coefficient (Wildman–Crippen LogP) is 9.26. The van der Waals surface area contributed by atoms with Crippen LogP contribution in [0.5, 0.6) is 0 Å². The first-order valence-electron chi connectivity index (χ1n) is 13.5. The van der Waals surface area contributed by atoms with Gasteiger partial charge in [0.05, 0.1) is 12.1 Å². The highest BCUT2D eigenvalue weighted by Crippen LogP contribution is 2.30. The largest absolute Gasteiger partial charge is 0.391 e. The summed E-state index contributed by atoms with van der Waals surface area (Å²) in [4.78, 5) is 21.6. The Morgan fingerprint density at radius 1 is 0.976 bits per heavy atom. The second-order valence-electron chi connectivity index (χ2n) is 9.96. The Morgan fingerprint density at radius 3 is 2.43 bits per heavy atom. The van der Waals surface area contributed by atoms with Crippen molar-refractivity contribution < 1.29 is 18.0 Å². The topological polar surface area (TPSA) is 91.0 Å². The van der Waals surface area contributed by atoms with Crippen LogP contribution in [0.15, 0.2) is 72.9 Å². The summed E-state index contributed by atoms with van der Waals surface area (Å²) in [5, 5.41) is 12.9. The number of alkyl halides is 3. The molecule has 2 amide bonds. The van der Waals surface area contributed by atoms with Crippen molar-refractivity contribution in [1.82, 2.24) is 9.97 Å². The van der Waals surface area contributed by atoms with E-state index in [0.717, 1.165) is 52.3 Å². The zero-order valence-electron chi connectivity index (χ0n) is 23.4. The van der Waals surface area contributed by atoms with E-state index in [9.17, 15) is 18.0 Å². The van der Waals surface area contributed by atoms with Gasteiger partial charge in [-0.05, 0) is 79.3 Å². The van der Waals surface area contributed by atoms with Crippen LogP contribution >= 0.6 is 11.6 Å². The monoisotopic (exact) mass is 596 g/mol. The lowest BCUT2D eigenvalue weighted by molar-refractivity contribution is -0.170. The summed E-state index contributed by atoms with van der Waals surface area (Å²) in [5.41, 5.74) is 6.38. The molecule has 6 bridgehead atoms. The zero-order chi connectivity index (χ0) is 30.3. The number of halogens is 4. The number of urea groups is 1. The quantitative estimate of drug-likeness (QED) is 0.189. The number of aryl methyl sites for hydroxylation is 3. The Kier molecular flexibility index (Phi) is 9.90. The van der Waals surface area contributed by atoms with Crippen LogP contribution < -0.4 is 21.3 Å². The molecule has 0 saturated heterocycles. The van der Waals surface area contributed by atoms with Crippen molar-refractivity contribution in [3.8, 4) is 0 Å². The second-order valence-corrected chi connectivity index (χ2v) is 10.4. The Morgan fingerprint density at radius 2 is 1.71 bits per heavy atom. The van der Waals surface area contributed by atoms with Gasteiger partial charge in [-0.25, -0.2) is 9.78 Å². The zero-order valence-corrected chi connectivity index (χ0v) is 24.2. The van der Waals surface area contributed by atoms with Gasteiger partial charge in [0.2, 0.25) is 5.95 Å². The van der Waals surface area contributed by atoms with Gasteiger partial charge in [-0.2, -0.15) is 18.2 Å². The molecule has 0 radical (unpaired) electrons. The molecule has 0 spiro atoms. The minimum atomic E-state index is -3.99. The molecule has 1 unspecified atom stereocenters. The van der Waals surface area contributed by atoms with E-state index in [2.05, 4.69) is 43.4 Å². The van der Waals surface area contributed by atoms with E-state index >= 15 is 0 Å². The highest BCUT2D eigenvalue weighted by molar-refractivity contribution is 6.32. The molecule has 4 aromatic rings. The van der Waals surface area contributed by atoms with Crippen LogP contribution in [0, 0.1) is 12.8 Å². The number of anilines is 6. The molecular formula is C31H32ClF3N6O. The van der Waals surface area contributed by atoms with Crippen LogP contribution in [0.3, 0.4) is 0 Å². The Labute approximate surface area is 247 Å². The highest BCUT2D eigenvalue weighted by atomic mass is 35.5. The number of hydrogen-bond acceptors (Lipinski definition) is 5. The maximum atomic E-state index is 12.8. The summed E-state index contributed by atoms with van der Waals surface area (Å²) in [6, 6.07) is 21.3. The number of hydrogen-bond donors (Lipinski definition) is 4. The van der Waals surface area contributed by atoms with E-state index in [1.54, 1.807) is 6.20 Å². The fraction of sp³-hybridized carbons (Fsp3) is 0.258. The standard InChI is InChI=1S/C26H23ClN6O.C5H9F3/c1-16-5-2-3-8-22(16)31-26(34)32-23-12-11-20-14-18(23)10-9-17-6-4-7-19(13-17)30-25-28-15-21(27)24(29-20)33-25;1-3-4(2)5(6,7)8/h2-8,11-15H,9-10H2,1H3,(H2,31,32,34)(H2,28,29,30,33);4H,3H2,1-2H3. The van der Waals surface area contributed by atoms with Crippen molar-refractivity contribution in [1.29, 1.82) is 0 Å². The van der Waals surface area contributed by atoms with E-state index in [4.69, 9.17) is 11.6 Å². The molecule has 1 aliphatic rings. The van der Waals surface area contributed by atoms with Crippen molar-refractivity contribution in [3.05, 3.63) is 94.6 Å². The SMILES string of the molecule is CCC(C)C(F)(F)F.Cc1ccccc1NC(=O)Nc1ccc2cc1CCc1cccc(c1)Nc1ncc(Cl)c(n1)N2. The van der Waals surface area contributed by atoms with Crippen LogP contribution in [-0.2, 0) is 12.8 Å². The molecule has 0 fully saturated rings. The number of amides is 2. The van der Waals surface area contributed by atoms with Gasteiger partial charge in [0.25, 0.3) is 0 Å². The molecular weight excluding hydrogens is 565 g/mol. The van der Waals surface area contributed by atoms with Crippen LogP contribution in [0.1, 0.15) is 37.0 Å². The van der Waals surface area contributed by atoms with Gasteiger partial charge in [0.15, 0.2) is 5.82 Å². The molecule has 7 nitrogen and oxygen atoms in total. The maximum Gasteiger partial charge on any atom is 0.391 e. The molecule has 3 aromatic carbocycles. The van der Waals surface area contributed by atoms with Gasteiger partial charge in [0, 0.05) is 22.7 Å². The van der Waals surface area contributed by atoms with Crippen molar-refractivity contribution in [2.45, 2.75) is 46.2 Å². The molecule has 11 heteroatoms. The minimum absolute atomic E-state index is 0.170. The maximum absolute atomic E-state index is 12.8. The molecule has 0 aliphatic carbocycles. The molecule has 1 atom stereocenters. The van der Waals surface area contributed by atoms with Crippen molar-refractivity contribution in [3.63, 3.8) is 0 Å². The Bertz CT molecular complexity index is 1550. The Hall–Kier alpha value is -4.31. The lowest BCUT2D eigenvalue weighted by Crippen LogP contribution is -2.21. The van der Waals surface area contributed by atoms with E-state index in [1.165, 1.54) is 13.8 Å². The van der Waals surface area contributed by atoms with Crippen LogP contribution in [-0.4, -0.2) is 22.2 Å². The van der Waals surface area contributed by atoms with Gasteiger partial charge < -0.3 is 21.3 Å². The van der Waals surface area contributed by atoms with Crippen molar-refractivity contribution in [2.75, 3.05) is 21.3 Å². The van der Waals surface area contributed by atoms with E-state index in [1.807, 2.05) is 61.5 Å². The summed E-state index contributed by atoms with van der Waals surface area (Å²) in [7, 11) is 0. The summed E-state index contributed by atoms with van der Waals surface area (Å²) in [5.74, 6) is -0.198. The highest BCUT2D eigenvalue weighted by Gasteiger charge is 2.34. The third kappa shape index (κ3) is 8.36. The fourth-order valence-corrected chi connectivity index (χ4v) is 4.22. The molecule has 1 aromatic heterocycles. The number of rotatable bonds is 3. The van der Waals surface area contributed by atoms with Crippen molar-refractivity contribution >= 4 is 52.1 Å². The van der Waals surface area contributed by atoms with Gasteiger partial charge in [0.1, 0.15) is 5.02 Å². The number of carbonyl (C=O) groups is 1. The smallest absolute Gasteiger partial charge is 0.339 e. The first kappa shape index (κ1) is 30.6. The molecule has 1 aliphatic heterocycles. The van der Waals surface area contributed by atoms with Gasteiger partial charge in [-0.15, -0.1) is 0 Å². The number of para-hydroxylation sites is 1. The molecule has 220 valence electrons. The van der Waals surface area contributed by atoms with Crippen LogP contribution in [0.4, 0.5) is 52.5 Å². The first-order chi connectivity index (χ1) is 20.0. The molecule has 5 rings (SSSR count). The minimum Gasteiger partial charge on any atom is -0.339 e. The third-order valence-electron chi connectivity index (χ3n) is 6.79. The number of nitrogens with one attached hydrogen (secondary N) is 4. The summed E-state index contributed by atoms with van der Waals surface area (Å²) in [6.07, 6.45) is -0.726. The average Bonchev–Trinajstić information content (AvgIpc) is 2.95. The molecule has 2 heterocycles. The van der Waals surface area contributed by atoms with Gasteiger partial charge in [-0.3, -0.25) is 0 Å². The third-order valence-corrected chi connectivity index (χ3v) is 7.07. The number of fused-ring (bicyclic) bond motifs is 6. The number of nitrogens with zero attached hydrogens (tertiary/aromatic N) is 2. The summed E-state index contributed by atoms with van der Waals surface area (Å²) < 4.78 is 34.3. The summed E-state index contributed by atoms with van der Waals surface area (Å²) in [6.45, 7) is 4.67. The summed E-state index contributed by atoms with van der Waals surface area (Å²) >= 11 is 6.34. The van der Waals surface area contributed by atoms with E-state index in [-0.39, 0.29) is 12.5 Å². The lowest BCUT2D eigenvalue weighted by Gasteiger charge is -2.15. The fourth-order valence-electron chi connectivity index (χ4n) is 4.09. The molecule has 42 heavy (non-hydrogen) atoms. The molecule has 4 N–H and O–H groups in total. The Balaban J connectivity index is 0.000000446. The van der Waals surface area contributed by atoms with Gasteiger partial charge >= 0.3 is 12.2 Å².